The Morgan fingerprint density at radius 2 is 1.89 bits per heavy atom. The van der Waals surface area contributed by atoms with Crippen molar-refractivity contribution in [2.24, 2.45) is 5.92 Å². The van der Waals surface area contributed by atoms with Gasteiger partial charge in [0, 0.05) is 34.6 Å². The molecule has 0 amide bonds. The molecular weight excluding hydrogens is 376 g/mol. The second kappa shape index (κ2) is 7.01. The highest BCUT2D eigenvalue weighted by Crippen LogP contribution is 2.33. The number of halogens is 1. The predicted molar refractivity (Wildman–Crippen MR) is 111 cm³/mol. The molecule has 2 saturated carbocycles. The molecule has 2 fully saturated rings. The van der Waals surface area contributed by atoms with E-state index in [0.717, 1.165) is 30.2 Å². The van der Waals surface area contributed by atoms with Crippen molar-refractivity contribution in [2.45, 2.75) is 50.7 Å². The van der Waals surface area contributed by atoms with Crippen molar-refractivity contribution in [3.05, 3.63) is 39.8 Å². The zero-order valence-corrected chi connectivity index (χ0v) is 16.3. The maximum absolute atomic E-state index is 13.4. The zero-order chi connectivity index (χ0) is 19.3. The normalized spacial score (nSPS) is 22.6. The van der Waals surface area contributed by atoms with Gasteiger partial charge >= 0.3 is 0 Å². The highest BCUT2D eigenvalue weighted by Gasteiger charge is 2.26. The molecule has 0 bridgehead atoms. The van der Waals surface area contributed by atoms with Crippen molar-refractivity contribution >= 4 is 39.4 Å². The molecule has 0 aliphatic heterocycles. The number of anilines is 1. The number of benzene rings is 1. The maximum Gasteiger partial charge on any atom is 0.260 e. The third-order valence-electron chi connectivity index (χ3n) is 5.99. The van der Waals surface area contributed by atoms with Crippen molar-refractivity contribution in [1.29, 1.82) is 0 Å². The molecule has 2 N–H and O–H groups in total. The lowest BCUT2D eigenvalue weighted by Gasteiger charge is -2.28. The summed E-state index contributed by atoms with van der Waals surface area (Å²) in [4.78, 5) is 22.7. The number of aromatic nitrogens is 3. The minimum Gasteiger partial charge on any atom is -0.393 e. The Kier molecular flexibility index (Phi) is 4.48. The number of rotatable bonds is 4. The van der Waals surface area contributed by atoms with Crippen molar-refractivity contribution in [3.63, 3.8) is 0 Å². The fraction of sp³-hybridized carbons (Fsp3) is 0.476. The molecule has 2 heterocycles. The van der Waals surface area contributed by atoms with Crippen LogP contribution in [-0.4, -0.2) is 32.3 Å². The van der Waals surface area contributed by atoms with Gasteiger partial charge in [0.25, 0.3) is 5.56 Å². The summed E-state index contributed by atoms with van der Waals surface area (Å²) in [7, 11) is 0. The molecule has 0 atom stereocenters. The van der Waals surface area contributed by atoms with Gasteiger partial charge < -0.3 is 10.4 Å². The van der Waals surface area contributed by atoms with Gasteiger partial charge in [-0.2, -0.15) is 4.98 Å². The summed E-state index contributed by atoms with van der Waals surface area (Å²) in [5.41, 5.74) is 0.591. The van der Waals surface area contributed by atoms with Crippen LogP contribution < -0.4 is 10.9 Å². The molecule has 2 aliphatic rings. The van der Waals surface area contributed by atoms with Crippen LogP contribution in [0, 0.1) is 5.92 Å². The van der Waals surface area contributed by atoms with Gasteiger partial charge in [-0.3, -0.25) is 9.36 Å². The van der Waals surface area contributed by atoms with Crippen LogP contribution >= 0.6 is 11.6 Å². The van der Waals surface area contributed by atoms with Crippen LogP contribution in [0.25, 0.3) is 21.8 Å². The van der Waals surface area contributed by atoms with E-state index >= 15 is 0 Å². The molecule has 7 heteroatoms. The molecule has 5 rings (SSSR count). The largest absolute Gasteiger partial charge is 0.393 e. The lowest BCUT2D eigenvalue weighted by atomic mass is 9.92. The topological polar surface area (TPSA) is 80.0 Å². The van der Waals surface area contributed by atoms with Crippen LogP contribution in [0.2, 0.25) is 5.02 Å². The van der Waals surface area contributed by atoms with E-state index in [-0.39, 0.29) is 17.7 Å². The second-order valence-corrected chi connectivity index (χ2v) is 8.52. The number of fused-ring (bicyclic) bond motifs is 3. The first-order valence-corrected chi connectivity index (χ1v) is 10.4. The molecule has 6 nitrogen and oxygen atoms in total. The van der Waals surface area contributed by atoms with Crippen LogP contribution in [0.4, 0.5) is 5.95 Å². The Labute approximate surface area is 167 Å². The molecular formula is C21H23ClN4O2. The number of hydrogen-bond donors (Lipinski definition) is 2. The summed E-state index contributed by atoms with van der Waals surface area (Å²) in [5.74, 6) is 1.27. The highest BCUT2D eigenvalue weighted by molar-refractivity contribution is 6.31. The van der Waals surface area contributed by atoms with Gasteiger partial charge in [-0.15, -0.1) is 0 Å². The van der Waals surface area contributed by atoms with Gasteiger partial charge in [0.2, 0.25) is 5.95 Å². The van der Waals surface area contributed by atoms with Gasteiger partial charge in [-0.1, -0.05) is 17.7 Å². The number of aliphatic hydroxyl groups is 1. The summed E-state index contributed by atoms with van der Waals surface area (Å²) >= 11 is 6.18. The highest BCUT2D eigenvalue weighted by atomic mass is 35.5. The Hall–Kier alpha value is -2.18. The molecule has 0 unspecified atom stereocenters. The summed E-state index contributed by atoms with van der Waals surface area (Å²) in [6.07, 6.45) is 6.95. The average Bonchev–Trinajstić information content (AvgIpc) is 3.52. The van der Waals surface area contributed by atoms with E-state index in [9.17, 15) is 9.90 Å². The fourth-order valence-corrected chi connectivity index (χ4v) is 4.37. The van der Waals surface area contributed by atoms with Crippen LogP contribution in [0.15, 0.2) is 29.2 Å². The number of nitrogens with one attached hydrogen (secondary N) is 1. The van der Waals surface area contributed by atoms with E-state index in [0.29, 0.717) is 40.8 Å². The molecule has 2 aliphatic carbocycles. The van der Waals surface area contributed by atoms with Crippen LogP contribution in [-0.2, 0) is 0 Å². The number of nitrogens with zero attached hydrogens (tertiary/aromatic N) is 3. The minimum absolute atomic E-state index is 0.0213. The van der Waals surface area contributed by atoms with E-state index in [1.165, 1.54) is 12.8 Å². The third-order valence-corrected chi connectivity index (χ3v) is 6.23. The van der Waals surface area contributed by atoms with Crippen LogP contribution in [0.5, 0.6) is 0 Å². The quantitative estimate of drug-likeness (QED) is 0.651. The minimum atomic E-state index is -0.279. The van der Waals surface area contributed by atoms with Gasteiger partial charge in [0.05, 0.1) is 6.10 Å². The fourth-order valence-electron chi connectivity index (χ4n) is 4.20. The Morgan fingerprint density at radius 3 is 2.64 bits per heavy atom. The summed E-state index contributed by atoms with van der Waals surface area (Å²) in [6.45, 7) is 0.870. The molecule has 28 heavy (non-hydrogen) atoms. The van der Waals surface area contributed by atoms with E-state index in [2.05, 4.69) is 10.3 Å². The molecule has 0 saturated heterocycles. The molecule has 0 spiro atoms. The van der Waals surface area contributed by atoms with Crippen molar-refractivity contribution in [2.75, 3.05) is 11.9 Å². The van der Waals surface area contributed by atoms with E-state index in [1.54, 1.807) is 18.3 Å². The lowest BCUT2D eigenvalue weighted by Crippen LogP contribution is -2.30. The zero-order valence-electron chi connectivity index (χ0n) is 15.6. The SMILES string of the molecule is O=c1c2cc(Cl)ccc2c2cnc(NCC3CC3)nc2n1[C@H]1CC[C@H](O)CC1. The summed E-state index contributed by atoms with van der Waals surface area (Å²) in [5, 5.41) is 16.0. The van der Waals surface area contributed by atoms with Crippen molar-refractivity contribution < 1.29 is 5.11 Å². The first-order valence-electron chi connectivity index (χ1n) is 10.0. The first-order chi connectivity index (χ1) is 13.6. The molecule has 3 aromatic rings. The van der Waals surface area contributed by atoms with Crippen LogP contribution in [0.3, 0.4) is 0 Å². The molecule has 1 aromatic carbocycles. The van der Waals surface area contributed by atoms with Gasteiger partial charge in [0.15, 0.2) is 0 Å². The molecule has 0 radical (unpaired) electrons. The summed E-state index contributed by atoms with van der Waals surface area (Å²) in [6, 6.07) is 5.42. The van der Waals surface area contributed by atoms with E-state index < -0.39 is 0 Å². The number of pyridine rings is 1. The Balaban J connectivity index is 1.70. The first kappa shape index (κ1) is 17.9. The second-order valence-electron chi connectivity index (χ2n) is 8.08. The van der Waals surface area contributed by atoms with E-state index in [1.807, 2.05) is 10.6 Å². The summed E-state index contributed by atoms with van der Waals surface area (Å²) < 4.78 is 1.81. The smallest absolute Gasteiger partial charge is 0.260 e. The van der Waals surface area contributed by atoms with Crippen molar-refractivity contribution in [3.8, 4) is 0 Å². The predicted octanol–water partition coefficient (Wildman–Crippen LogP) is 3.90. The van der Waals surface area contributed by atoms with Gasteiger partial charge in [-0.25, -0.2) is 4.98 Å². The van der Waals surface area contributed by atoms with Crippen molar-refractivity contribution in [1.82, 2.24) is 14.5 Å². The Morgan fingerprint density at radius 1 is 1.11 bits per heavy atom. The monoisotopic (exact) mass is 398 g/mol. The number of hydrogen-bond acceptors (Lipinski definition) is 5. The number of aliphatic hydroxyl groups excluding tert-OH is 1. The third kappa shape index (κ3) is 3.25. The van der Waals surface area contributed by atoms with Crippen LogP contribution in [0.1, 0.15) is 44.6 Å². The molecule has 2 aromatic heterocycles. The van der Waals surface area contributed by atoms with Gasteiger partial charge in [-0.05, 0) is 62.0 Å². The van der Waals surface area contributed by atoms with E-state index in [4.69, 9.17) is 16.6 Å². The Bertz CT molecular complexity index is 1100. The van der Waals surface area contributed by atoms with Gasteiger partial charge in [0.1, 0.15) is 5.65 Å². The lowest BCUT2D eigenvalue weighted by molar-refractivity contribution is 0.111. The standard InChI is InChI=1S/C21H23ClN4O2/c22-13-3-8-16-17(9-13)20(28)26(14-4-6-15(27)7-5-14)19-18(16)11-24-21(25-19)23-10-12-1-2-12/h3,8-9,11-12,14-15,27H,1-2,4-7,10H2,(H,23,24,25)/t14-,15-. The molecule has 146 valence electrons. The average molecular weight is 399 g/mol. The maximum atomic E-state index is 13.4.